The average molecular weight is 499 g/mol. The number of carbonyl (C=O) groups is 2. The van der Waals surface area contributed by atoms with Gasteiger partial charge < -0.3 is 10.1 Å². The Morgan fingerprint density at radius 1 is 1.17 bits per heavy atom. The predicted octanol–water partition coefficient (Wildman–Crippen LogP) is 3.71. The van der Waals surface area contributed by atoms with Gasteiger partial charge in [-0.05, 0) is 81.8 Å². The van der Waals surface area contributed by atoms with Gasteiger partial charge in [0.1, 0.15) is 0 Å². The lowest BCUT2D eigenvalue weighted by Gasteiger charge is -2.56. The van der Waals surface area contributed by atoms with Crippen LogP contribution in [0, 0.1) is 17.8 Å². The number of imide groups is 1. The van der Waals surface area contributed by atoms with E-state index >= 15 is 0 Å². The lowest BCUT2D eigenvalue weighted by Crippen LogP contribution is -2.62. The molecule has 0 spiro atoms. The molecule has 9 heteroatoms. The van der Waals surface area contributed by atoms with E-state index in [1.807, 2.05) is 12.1 Å². The number of carbonyl (C=O) groups excluding carboxylic acids is 2. The maximum atomic E-state index is 13.1. The minimum Gasteiger partial charge on any atom is -0.385 e. The molecule has 0 radical (unpaired) electrons. The molecule has 2 N–H and O–H groups in total. The maximum Gasteiger partial charge on any atom is 0.321 e. The monoisotopic (exact) mass is 498 g/mol. The first-order valence-electron chi connectivity index (χ1n) is 12.6. The van der Waals surface area contributed by atoms with Gasteiger partial charge in [-0.1, -0.05) is 23.9 Å². The van der Waals surface area contributed by atoms with Gasteiger partial charge in [0.05, 0.1) is 16.2 Å². The number of aromatic nitrogens is 2. The van der Waals surface area contributed by atoms with Crippen LogP contribution in [0.1, 0.15) is 51.9 Å². The van der Waals surface area contributed by atoms with Crippen molar-refractivity contribution in [2.45, 2.75) is 74.4 Å². The number of nitrogens with one attached hydrogen (secondary N) is 2. The predicted molar refractivity (Wildman–Crippen MR) is 135 cm³/mol. The fourth-order valence-electron chi connectivity index (χ4n) is 6.76. The first-order valence-corrected chi connectivity index (χ1v) is 13.5. The van der Waals surface area contributed by atoms with Crippen molar-refractivity contribution in [2.24, 2.45) is 17.8 Å². The van der Waals surface area contributed by atoms with Gasteiger partial charge in [0.25, 0.3) is 5.56 Å². The summed E-state index contributed by atoms with van der Waals surface area (Å²) in [5.41, 5.74) is 0.300. The van der Waals surface area contributed by atoms with Gasteiger partial charge in [0, 0.05) is 25.8 Å². The fraction of sp³-hybridized carbons (Fsp3) is 0.615. The minimum atomic E-state index is -0.598. The molecule has 1 atom stereocenters. The largest absolute Gasteiger partial charge is 0.385 e. The molecule has 1 aromatic carbocycles. The third kappa shape index (κ3) is 5.11. The third-order valence-corrected chi connectivity index (χ3v) is 8.95. The Morgan fingerprint density at radius 3 is 2.49 bits per heavy atom. The molecule has 4 aliphatic rings. The molecular formula is C26H34N4O4S. The van der Waals surface area contributed by atoms with Crippen LogP contribution in [-0.2, 0) is 16.1 Å². The molecule has 4 fully saturated rings. The summed E-state index contributed by atoms with van der Waals surface area (Å²) in [5, 5.41) is 6.15. The first kappa shape index (κ1) is 24.3. The molecule has 4 bridgehead atoms. The van der Waals surface area contributed by atoms with Crippen molar-refractivity contribution >= 4 is 34.6 Å². The number of urea groups is 1. The van der Waals surface area contributed by atoms with Crippen LogP contribution in [0.5, 0.6) is 0 Å². The molecule has 0 saturated heterocycles. The Morgan fingerprint density at radius 2 is 1.83 bits per heavy atom. The molecule has 1 heterocycles. The van der Waals surface area contributed by atoms with Crippen LogP contribution in [0.25, 0.3) is 10.9 Å². The number of amides is 3. The number of hydrogen-bond acceptors (Lipinski definition) is 6. The second kappa shape index (κ2) is 9.93. The number of fused-ring (bicyclic) bond motifs is 1. The summed E-state index contributed by atoms with van der Waals surface area (Å²) in [7, 11) is 1.62. The normalized spacial score (nSPS) is 27.7. The Labute approximate surface area is 209 Å². The number of rotatable bonds is 8. The van der Waals surface area contributed by atoms with Gasteiger partial charge in [-0.15, -0.1) is 0 Å². The Hall–Kier alpha value is -2.39. The molecule has 188 valence electrons. The van der Waals surface area contributed by atoms with Crippen molar-refractivity contribution in [1.29, 1.82) is 0 Å². The van der Waals surface area contributed by atoms with Gasteiger partial charge in [-0.2, -0.15) is 0 Å². The van der Waals surface area contributed by atoms with Gasteiger partial charge in [0.2, 0.25) is 5.91 Å². The summed E-state index contributed by atoms with van der Waals surface area (Å²) < 4.78 is 6.74. The number of ether oxygens (including phenoxy) is 1. The average Bonchev–Trinajstić information content (AvgIpc) is 2.79. The summed E-state index contributed by atoms with van der Waals surface area (Å²) in [6.07, 6.45) is 7.61. The quantitative estimate of drug-likeness (QED) is 0.327. The van der Waals surface area contributed by atoms with E-state index in [2.05, 4.69) is 15.6 Å². The summed E-state index contributed by atoms with van der Waals surface area (Å²) in [6.45, 7) is 2.69. The van der Waals surface area contributed by atoms with Crippen molar-refractivity contribution in [3.8, 4) is 0 Å². The number of hydrogen-bond donors (Lipinski definition) is 2. The highest BCUT2D eigenvalue weighted by Crippen LogP contribution is 2.55. The first-order chi connectivity index (χ1) is 16.9. The van der Waals surface area contributed by atoms with Crippen molar-refractivity contribution in [2.75, 3.05) is 13.7 Å². The highest BCUT2D eigenvalue weighted by molar-refractivity contribution is 8.00. The Bertz CT molecular complexity index is 1140. The fourth-order valence-corrected chi connectivity index (χ4v) is 7.70. The van der Waals surface area contributed by atoms with E-state index in [4.69, 9.17) is 4.74 Å². The van der Waals surface area contributed by atoms with E-state index in [-0.39, 0.29) is 17.0 Å². The minimum absolute atomic E-state index is 0.138. The molecule has 4 saturated carbocycles. The van der Waals surface area contributed by atoms with Gasteiger partial charge in [-0.25, -0.2) is 9.78 Å². The number of thioether (sulfide) groups is 1. The smallest absolute Gasteiger partial charge is 0.321 e. The van der Waals surface area contributed by atoms with Crippen LogP contribution in [-0.4, -0.2) is 46.0 Å². The van der Waals surface area contributed by atoms with Crippen molar-refractivity contribution in [3.63, 3.8) is 0 Å². The summed E-state index contributed by atoms with van der Waals surface area (Å²) in [6, 6.07) is 6.80. The number of benzene rings is 1. The van der Waals surface area contributed by atoms with Crippen LogP contribution in [0.15, 0.2) is 34.2 Å². The lowest BCUT2D eigenvalue weighted by atomic mass is 9.53. The molecule has 1 aromatic heterocycles. The molecule has 6 rings (SSSR count). The van der Waals surface area contributed by atoms with E-state index in [0.717, 1.165) is 19.3 Å². The zero-order valence-corrected chi connectivity index (χ0v) is 21.2. The molecule has 0 aliphatic heterocycles. The number of para-hydroxylation sites is 1. The van der Waals surface area contributed by atoms with Gasteiger partial charge in [0.15, 0.2) is 5.16 Å². The zero-order valence-electron chi connectivity index (χ0n) is 20.4. The third-order valence-electron chi connectivity index (χ3n) is 7.86. The highest BCUT2D eigenvalue weighted by Gasteiger charge is 2.51. The zero-order chi connectivity index (χ0) is 24.6. The summed E-state index contributed by atoms with van der Waals surface area (Å²) in [4.78, 5) is 43.6. The van der Waals surface area contributed by atoms with Crippen LogP contribution in [0.4, 0.5) is 4.79 Å². The van der Waals surface area contributed by atoms with Crippen LogP contribution >= 0.6 is 11.8 Å². The van der Waals surface area contributed by atoms with Crippen LogP contribution < -0.4 is 16.2 Å². The molecule has 2 aromatic rings. The lowest BCUT2D eigenvalue weighted by molar-refractivity contribution is -0.119. The number of methoxy groups -OCH3 is 1. The van der Waals surface area contributed by atoms with E-state index in [1.165, 1.54) is 31.0 Å². The van der Waals surface area contributed by atoms with Crippen LogP contribution in [0.2, 0.25) is 0 Å². The summed E-state index contributed by atoms with van der Waals surface area (Å²) in [5.74, 6) is 1.74. The second-order valence-corrected chi connectivity index (χ2v) is 11.9. The molecule has 35 heavy (non-hydrogen) atoms. The van der Waals surface area contributed by atoms with Crippen molar-refractivity contribution in [3.05, 3.63) is 34.6 Å². The topological polar surface area (TPSA) is 102 Å². The van der Waals surface area contributed by atoms with E-state index in [0.29, 0.717) is 53.4 Å². The van der Waals surface area contributed by atoms with E-state index in [9.17, 15) is 14.4 Å². The SMILES string of the molecule is COCCCn1c(SC(C)C(=O)NC(=O)NC23CC4CC(CC(C4)C2)C3)nc2ccccc2c1=O. The van der Waals surface area contributed by atoms with Gasteiger partial charge >= 0.3 is 6.03 Å². The van der Waals surface area contributed by atoms with Crippen molar-refractivity contribution in [1.82, 2.24) is 20.2 Å². The maximum absolute atomic E-state index is 13.1. The highest BCUT2D eigenvalue weighted by atomic mass is 32.2. The Kier molecular flexibility index (Phi) is 6.90. The molecule has 8 nitrogen and oxygen atoms in total. The Balaban J connectivity index is 1.26. The van der Waals surface area contributed by atoms with Crippen LogP contribution in [0.3, 0.4) is 0 Å². The standard InChI is InChI=1S/C26H34N4O4S/c1-16(22(31)28-24(33)29-26-13-17-10-18(14-26)12-19(11-17)15-26)35-25-27-21-7-4-3-6-20(21)23(32)30(25)8-5-9-34-2/h3-4,6-7,16-19H,5,8-15H2,1-2H3,(H2,28,29,31,33). The second-order valence-electron chi connectivity index (χ2n) is 10.6. The molecule has 3 amide bonds. The summed E-state index contributed by atoms with van der Waals surface area (Å²) >= 11 is 1.20. The van der Waals surface area contributed by atoms with E-state index < -0.39 is 11.3 Å². The number of nitrogens with zero attached hydrogens (tertiary/aromatic N) is 2. The molecule has 4 aliphatic carbocycles. The molecule has 1 unspecified atom stereocenters. The van der Waals surface area contributed by atoms with Gasteiger partial charge in [-0.3, -0.25) is 19.5 Å². The van der Waals surface area contributed by atoms with E-state index in [1.54, 1.807) is 30.7 Å². The van der Waals surface area contributed by atoms with Crippen molar-refractivity contribution < 1.29 is 14.3 Å². The molecular weight excluding hydrogens is 464 g/mol.